The van der Waals surface area contributed by atoms with E-state index >= 15 is 0 Å². The highest BCUT2D eigenvalue weighted by Crippen LogP contribution is 2.39. The summed E-state index contributed by atoms with van der Waals surface area (Å²) >= 11 is 0. The lowest BCUT2D eigenvalue weighted by Crippen LogP contribution is -2.38. The summed E-state index contributed by atoms with van der Waals surface area (Å²) in [5, 5.41) is 10.6. The van der Waals surface area contributed by atoms with Gasteiger partial charge in [-0.3, -0.25) is 5.32 Å². The number of nitrogens with zero attached hydrogens (tertiary/aromatic N) is 1. The Morgan fingerprint density at radius 2 is 1.19 bits per heavy atom. The molecule has 226 valence electrons. The van der Waals surface area contributed by atoms with Gasteiger partial charge in [0.05, 0.1) is 18.2 Å². The van der Waals surface area contributed by atoms with E-state index in [1.165, 1.54) is 33.2 Å². The SMILES string of the molecule is CCC1NC2C=CC=CC2N1c1cccc(-c2ccc3cc(-c4ccc5oc6cc7c(cc6c5c4)oc4ccccc47)ccc3c2)c1. The van der Waals surface area contributed by atoms with Crippen molar-refractivity contribution in [2.45, 2.75) is 31.6 Å². The molecule has 3 heterocycles. The van der Waals surface area contributed by atoms with Crippen molar-refractivity contribution in [1.82, 2.24) is 5.32 Å². The van der Waals surface area contributed by atoms with Gasteiger partial charge in [-0.15, -0.1) is 0 Å². The molecule has 1 aliphatic heterocycles. The van der Waals surface area contributed by atoms with Gasteiger partial charge in [0, 0.05) is 27.2 Å². The van der Waals surface area contributed by atoms with Crippen LogP contribution in [0.3, 0.4) is 0 Å². The topological polar surface area (TPSA) is 41.5 Å². The van der Waals surface area contributed by atoms with E-state index in [2.05, 4.69) is 139 Å². The molecule has 10 rings (SSSR count). The molecule has 2 aliphatic rings. The highest BCUT2D eigenvalue weighted by molar-refractivity contribution is 6.15. The highest BCUT2D eigenvalue weighted by Gasteiger charge is 2.37. The van der Waals surface area contributed by atoms with Gasteiger partial charge in [0.25, 0.3) is 0 Å². The minimum Gasteiger partial charge on any atom is -0.456 e. The smallest absolute Gasteiger partial charge is 0.136 e. The summed E-state index contributed by atoms with van der Waals surface area (Å²) in [5.74, 6) is 0. The fraction of sp³-hybridized carbons (Fsp3) is 0.116. The number of hydrogen-bond donors (Lipinski definition) is 1. The van der Waals surface area contributed by atoms with E-state index in [0.717, 1.165) is 55.9 Å². The number of hydrogen-bond acceptors (Lipinski definition) is 4. The first kappa shape index (κ1) is 26.6. The van der Waals surface area contributed by atoms with E-state index in [0.29, 0.717) is 18.2 Å². The Kier molecular flexibility index (Phi) is 5.78. The van der Waals surface area contributed by atoms with Gasteiger partial charge in [-0.25, -0.2) is 0 Å². The molecule has 0 amide bonds. The van der Waals surface area contributed by atoms with Crippen molar-refractivity contribution in [3.8, 4) is 22.3 Å². The summed E-state index contributed by atoms with van der Waals surface area (Å²) in [6, 6.07) is 42.2. The third-order valence-corrected chi connectivity index (χ3v) is 10.2. The molecule has 3 unspecified atom stereocenters. The number of anilines is 1. The van der Waals surface area contributed by atoms with E-state index in [-0.39, 0.29) is 0 Å². The zero-order valence-corrected chi connectivity index (χ0v) is 26.0. The predicted octanol–water partition coefficient (Wildman–Crippen LogP) is 11.0. The van der Waals surface area contributed by atoms with Crippen molar-refractivity contribution in [1.29, 1.82) is 0 Å². The molecule has 1 saturated heterocycles. The van der Waals surface area contributed by atoms with Gasteiger partial charge < -0.3 is 13.7 Å². The molecule has 0 radical (unpaired) electrons. The molecule has 4 nitrogen and oxygen atoms in total. The number of benzene rings is 6. The van der Waals surface area contributed by atoms with Crippen LogP contribution in [0.25, 0.3) is 76.9 Å². The van der Waals surface area contributed by atoms with Crippen LogP contribution in [-0.2, 0) is 0 Å². The zero-order valence-electron chi connectivity index (χ0n) is 26.0. The zero-order chi connectivity index (χ0) is 31.1. The molecule has 1 aliphatic carbocycles. The highest BCUT2D eigenvalue weighted by atomic mass is 16.3. The Morgan fingerprint density at radius 3 is 1.98 bits per heavy atom. The number of furan rings is 2. The fourth-order valence-electron chi connectivity index (χ4n) is 7.82. The summed E-state index contributed by atoms with van der Waals surface area (Å²) < 4.78 is 12.5. The van der Waals surface area contributed by atoms with Crippen LogP contribution in [-0.4, -0.2) is 18.2 Å². The molecule has 3 atom stereocenters. The first-order valence-corrected chi connectivity index (χ1v) is 16.5. The second kappa shape index (κ2) is 10.2. The molecule has 47 heavy (non-hydrogen) atoms. The molecule has 2 aromatic heterocycles. The Hall–Kier alpha value is -5.58. The third-order valence-electron chi connectivity index (χ3n) is 10.2. The van der Waals surface area contributed by atoms with Crippen LogP contribution in [0, 0.1) is 0 Å². The third kappa shape index (κ3) is 4.18. The Balaban J connectivity index is 0.995. The predicted molar refractivity (Wildman–Crippen MR) is 195 cm³/mol. The molecule has 8 aromatic rings. The Bertz CT molecular complexity index is 2590. The van der Waals surface area contributed by atoms with Crippen LogP contribution in [0.2, 0.25) is 0 Å². The first-order chi connectivity index (χ1) is 23.2. The van der Waals surface area contributed by atoms with Crippen LogP contribution >= 0.6 is 0 Å². The maximum absolute atomic E-state index is 6.32. The maximum atomic E-state index is 6.32. The van der Waals surface area contributed by atoms with E-state index in [1.54, 1.807) is 0 Å². The summed E-state index contributed by atoms with van der Waals surface area (Å²) in [5.41, 5.74) is 9.61. The minimum atomic E-state index is 0.313. The van der Waals surface area contributed by atoms with Crippen molar-refractivity contribution in [2.75, 3.05) is 4.90 Å². The largest absolute Gasteiger partial charge is 0.456 e. The van der Waals surface area contributed by atoms with Gasteiger partial charge in [-0.1, -0.05) is 91.9 Å². The molecule has 6 aromatic carbocycles. The summed E-state index contributed by atoms with van der Waals surface area (Å²) in [4.78, 5) is 2.54. The van der Waals surface area contributed by atoms with Crippen molar-refractivity contribution in [3.63, 3.8) is 0 Å². The second-order valence-corrected chi connectivity index (χ2v) is 12.9. The number of para-hydroxylation sites is 1. The molecule has 0 spiro atoms. The van der Waals surface area contributed by atoms with Crippen LogP contribution < -0.4 is 10.2 Å². The van der Waals surface area contributed by atoms with Crippen LogP contribution in [0.15, 0.2) is 148 Å². The average Bonchev–Trinajstić information content (AvgIpc) is 3.80. The van der Waals surface area contributed by atoms with Gasteiger partial charge in [0.1, 0.15) is 22.3 Å². The standard InChI is InChI=1S/C43H32N2O2/c1-2-43-44-37-11-4-5-12-38(37)45(43)32-9-7-8-26(22-32)27-14-15-29-21-30(17-16-28(29)20-27)31-18-19-40-34(23-31)36-25-41-35(24-42(36)47-40)33-10-3-6-13-39(33)46-41/h3-25,37-38,43-44H,2H2,1H3. The molecule has 0 saturated carbocycles. The van der Waals surface area contributed by atoms with Crippen molar-refractivity contribution in [2.24, 2.45) is 0 Å². The number of rotatable bonds is 4. The van der Waals surface area contributed by atoms with Gasteiger partial charge in [-0.2, -0.15) is 0 Å². The maximum Gasteiger partial charge on any atom is 0.136 e. The molecule has 4 heteroatoms. The first-order valence-electron chi connectivity index (χ1n) is 16.5. The molecule has 0 bridgehead atoms. The quantitative estimate of drug-likeness (QED) is 0.216. The lowest BCUT2D eigenvalue weighted by atomic mass is 9.96. The van der Waals surface area contributed by atoms with Gasteiger partial charge in [0.15, 0.2) is 0 Å². The number of fused-ring (bicyclic) bond motifs is 8. The van der Waals surface area contributed by atoms with Crippen LogP contribution in [0.4, 0.5) is 5.69 Å². The lowest BCUT2D eigenvalue weighted by molar-refractivity contribution is 0.563. The lowest BCUT2D eigenvalue weighted by Gasteiger charge is -2.31. The Morgan fingerprint density at radius 1 is 0.553 bits per heavy atom. The Labute approximate surface area is 272 Å². The van der Waals surface area contributed by atoms with Crippen molar-refractivity contribution >= 4 is 60.3 Å². The molecule has 1 fully saturated rings. The number of allylic oxidation sites excluding steroid dienone is 2. The van der Waals surface area contributed by atoms with Crippen LogP contribution in [0.1, 0.15) is 13.3 Å². The minimum absolute atomic E-state index is 0.313. The van der Waals surface area contributed by atoms with E-state index < -0.39 is 0 Å². The van der Waals surface area contributed by atoms with Crippen molar-refractivity contribution < 1.29 is 8.83 Å². The van der Waals surface area contributed by atoms with E-state index in [4.69, 9.17) is 8.83 Å². The van der Waals surface area contributed by atoms with Gasteiger partial charge in [-0.05, 0) is 94.0 Å². The summed E-state index contributed by atoms with van der Waals surface area (Å²) in [6.45, 7) is 2.26. The van der Waals surface area contributed by atoms with Gasteiger partial charge >= 0.3 is 0 Å². The normalized spacial score (nSPS) is 19.2. The van der Waals surface area contributed by atoms with Crippen molar-refractivity contribution in [3.05, 3.63) is 140 Å². The summed E-state index contributed by atoms with van der Waals surface area (Å²) in [6.07, 6.45) is 10.3. The van der Waals surface area contributed by atoms with E-state index in [1.807, 2.05) is 18.2 Å². The molecular weight excluding hydrogens is 576 g/mol. The average molecular weight is 609 g/mol. The van der Waals surface area contributed by atoms with E-state index in [9.17, 15) is 0 Å². The monoisotopic (exact) mass is 608 g/mol. The summed E-state index contributed by atoms with van der Waals surface area (Å²) in [7, 11) is 0. The second-order valence-electron chi connectivity index (χ2n) is 12.9. The number of nitrogens with one attached hydrogen (secondary N) is 1. The fourth-order valence-corrected chi connectivity index (χ4v) is 7.82. The molecule has 1 N–H and O–H groups in total. The van der Waals surface area contributed by atoms with Gasteiger partial charge in [0.2, 0.25) is 0 Å². The molecular formula is C43H32N2O2. The van der Waals surface area contributed by atoms with Crippen LogP contribution in [0.5, 0.6) is 0 Å².